The van der Waals surface area contributed by atoms with Gasteiger partial charge in [0.2, 0.25) is 0 Å². The molecule has 3 nitrogen and oxygen atoms in total. The van der Waals surface area contributed by atoms with Crippen molar-refractivity contribution >= 4 is 0 Å². The summed E-state index contributed by atoms with van der Waals surface area (Å²) in [5.74, 6) is 4.69. The van der Waals surface area contributed by atoms with Gasteiger partial charge in [-0.1, -0.05) is 86.1 Å². The van der Waals surface area contributed by atoms with E-state index in [-0.39, 0.29) is 0 Å². The zero-order chi connectivity index (χ0) is 22.4. The van der Waals surface area contributed by atoms with Crippen molar-refractivity contribution in [2.45, 2.75) is 99.5 Å². The van der Waals surface area contributed by atoms with Crippen molar-refractivity contribution in [2.24, 2.45) is 29.4 Å². The molecule has 174 valence electrons. The average Bonchev–Trinajstić information content (AvgIpc) is 2.68. The molecule has 0 spiro atoms. The fraction of sp³-hybridized carbons (Fsp3) is 0.778. The Hall–Kier alpha value is -1.22. The number of nitrogens with two attached hydrogens (primary N) is 1. The maximum atomic E-state index is 6.15. The van der Waals surface area contributed by atoms with Gasteiger partial charge < -0.3 is 15.2 Å². The van der Waals surface area contributed by atoms with Crippen LogP contribution in [-0.2, 0) is 6.54 Å². The molecule has 2 atom stereocenters. The zero-order valence-corrected chi connectivity index (χ0v) is 20.7. The van der Waals surface area contributed by atoms with E-state index in [9.17, 15) is 0 Å². The van der Waals surface area contributed by atoms with Crippen molar-refractivity contribution in [2.75, 3.05) is 13.2 Å². The van der Waals surface area contributed by atoms with Crippen LogP contribution in [0.1, 0.15) is 98.5 Å². The van der Waals surface area contributed by atoms with E-state index in [0.717, 1.165) is 55.0 Å². The molecule has 0 bridgehead atoms. The van der Waals surface area contributed by atoms with E-state index in [1.807, 2.05) is 18.2 Å². The normalized spacial score (nSPS) is 13.6. The lowest BCUT2D eigenvalue weighted by atomic mass is 9.97. The van der Waals surface area contributed by atoms with E-state index in [2.05, 4.69) is 41.5 Å². The molecule has 1 rings (SSSR count). The number of benzene rings is 1. The SMILES string of the molecule is CC(C)CCCC(C)CCOc1ccc(CN)cc1OCCC(C)CCCC(C)C. The van der Waals surface area contributed by atoms with Crippen molar-refractivity contribution in [1.29, 1.82) is 0 Å². The van der Waals surface area contributed by atoms with Crippen LogP contribution in [0, 0.1) is 23.7 Å². The Bertz CT molecular complexity index is 556. The highest BCUT2D eigenvalue weighted by atomic mass is 16.5. The maximum Gasteiger partial charge on any atom is 0.161 e. The largest absolute Gasteiger partial charge is 0.490 e. The summed E-state index contributed by atoms with van der Waals surface area (Å²) in [5.41, 5.74) is 6.92. The summed E-state index contributed by atoms with van der Waals surface area (Å²) in [6, 6.07) is 6.11. The van der Waals surface area contributed by atoms with Gasteiger partial charge in [-0.25, -0.2) is 0 Å². The van der Waals surface area contributed by atoms with Gasteiger partial charge in [0.25, 0.3) is 0 Å². The van der Waals surface area contributed by atoms with Crippen molar-refractivity contribution < 1.29 is 9.47 Å². The summed E-state index contributed by atoms with van der Waals surface area (Å²) in [4.78, 5) is 0. The molecular weight excluding hydrogens is 370 g/mol. The fourth-order valence-corrected chi connectivity index (χ4v) is 3.69. The van der Waals surface area contributed by atoms with Gasteiger partial charge in [0.15, 0.2) is 11.5 Å². The molecule has 2 unspecified atom stereocenters. The number of hydrogen-bond donors (Lipinski definition) is 1. The van der Waals surface area contributed by atoms with Gasteiger partial charge in [0.1, 0.15) is 0 Å². The van der Waals surface area contributed by atoms with Crippen LogP contribution >= 0.6 is 0 Å². The molecule has 30 heavy (non-hydrogen) atoms. The third kappa shape index (κ3) is 12.5. The summed E-state index contributed by atoms with van der Waals surface area (Å²) in [7, 11) is 0. The van der Waals surface area contributed by atoms with Gasteiger partial charge in [-0.05, 0) is 54.2 Å². The van der Waals surface area contributed by atoms with Crippen LogP contribution in [-0.4, -0.2) is 13.2 Å². The number of ether oxygens (including phenoxy) is 2. The lowest BCUT2D eigenvalue weighted by molar-refractivity contribution is 0.237. The quantitative estimate of drug-likeness (QED) is 0.282. The van der Waals surface area contributed by atoms with E-state index in [4.69, 9.17) is 15.2 Å². The van der Waals surface area contributed by atoms with Gasteiger partial charge >= 0.3 is 0 Å². The summed E-state index contributed by atoms with van der Waals surface area (Å²) in [5, 5.41) is 0. The predicted molar refractivity (Wildman–Crippen MR) is 130 cm³/mol. The van der Waals surface area contributed by atoms with Gasteiger partial charge in [0.05, 0.1) is 13.2 Å². The zero-order valence-electron chi connectivity index (χ0n) is 20.7. The van der Waals surface area contributed by atoms with Crippen molar-refractivity contribution in [3.8, 4) is 11.5 Å². The minimum absolute atomic E-state index is 0.523. The van der Waals surface area contributed by atoms with Gasteiger partial charge in [0, 0.05) is 6.54 Å². The Morgan fingerprint density at radius 1 is 0.667 bits per heavy atom. The Labute approximate surface area is 187 Å². The third-order valence-electron chi connectivity index (χ3n) is 5.94. The second-order valence-electron chi connectivity index (χ2n) is 10.1. The Morgan fingerprint density at radius 2 is 1.17 bits per heavy atom. The maximum absolute atomic E-state index is 6.15. The molecule has 0 amide bonds. The van der Waals surface area contributed by atoms with Crippen molar-refractivity contribution in [1.82, 2.24) is 0 Å². The molecule has 1 aromatic carbocycles. The van der Waals surface area contributed by atoms with Crippen molar-refractivity contribution in [3.05, 3.63) is 23.8 Å². The molecule has 0 heterocycles. The molecule has 0 aliphatic heterocycles. The van der Waals surface area contributed by atoms with E-state index in [1.165, 1.54) is 38.5 Å². The fourth-order valence-electron chi connectivity index (χ4n) is 3.69. The van der Waals surface area contributed by atoms with Crippen LogP contribution in [0.4, 0.5) is 0 Å². The molecule has 0 aliphatic carbocycles. The smallest absolute Gasteiger partial charge is 0.161 e. The highest BCUT2D eigenvalue weighted by Crippen LogP contribution is 2.30. The first kappa shape index (κ1) is 26.8. The molecule has 0 radical (unpaired) electrons. The van der Waals surface area contributed by atoms with E-state index >= 15 is 0 Å². The topological polar surface area (TPSA) is 44.5 Å². The summed E-state index contributed by atoms with van der Waals surface area (Å²) in [6.07, 6.45) is 9.99. The van der Waals surface area contributed by atoms with Crippen LogP contribution in [0.5, 0.6) is 11.5 Å². The van der Waals surface area contributed by atoms with E-state index in [1.54, 1.807) is 0 Å². The molecule has 0 saturated heterocycles. The number of rotatable bonds is 17. The van der Waals surface area contributed by atoms with Crippen molar-refractivity contribution in [3.63, 3.8) is 0 Å². The summed E-state index contributed by atoms with van der Waals surface area (Å²) in [6.45, 7) is 15.9. The highest BCUT2D eigenvalue weighted by molar-refractivity contribution is 5.43. The van der Waals surface area contributed by atoms with Crippen LogP contribution in [0.3, 0.4) is 0 Å². The molecule has 1 aromatic rings. The van der Waals surface area contributed by atoms with Crippen LogP contribution in [0.15, 0.2) is 18.2 Å². The van der Waals surface area contributed by atoms with Gasteiger partial charge in [-0.2, -0.15) is 0 Å². The molecule has 0 aromatic heterocycles. The first-order valence-corrected chi connectivity index (χ1v) is 12.4. The van der Waals surface area contributed by atoms with Gasteiger partial charge in [-0.15, -0.1) is 0 Å². The van der Waals surface area contributed by atoms with Gasteiger partial charge in [-0.3, -0.25) is 0 Å². The minimum Gasteiger partial charge on any atom is -0.490 e. The molecule has 2 N–H and O–H groups in total. The lowest BCUT2D eigenvalue weighted by Crippen LogP contribution is -2.09. The Balaban J connectivity index is 2.44. The second-order valence-corrected chi connectivity index (χ2v) is 10.1. The Morgan fingerprint density at radius 3 is 1.63 bits per heavy atom. The summed E-state index contributed by atoms with van der Waals surface area (Å²) >= 11 is 0. The van der Waals surface area contributed by atoms with Crippen LogP contribution in [0.25, 0.3) is 0 Å². The van der Waals surface area contributed by atoms with E-state index < -0.39 is 0 Å². The van der Waals surface area contributed by atoms with Crippen LogP contribution < -0.4 is 15.2 Å². The standard InChI is InChI=1S/C27H49NO2/c1-21(2)9-7-11-23(5)15-17-29-26-14-13-25(20-28)19-27(26)30-18-16-24(6)12-8-10-22(3)4/h13-14,19,21-24H,7-12,15-18,20,28H2,1-6H3. The number of hydrogen-bond acceptors (Lipinski definition) is 3. The lowest BCUT2D eigenvalue weighted by Gasteiger charge is -2.17. The Kier molecular flexibility index (Phi) is 13.9. The van der Waals surface area contributed by atoms with E-state index in [0.29, 0.717) is 18.4 Å². The second kappa shape index (κ2) is 15.6. The monoisotopic (exact) mass is 419 g/mol. The molecule has 0 fully saturated rings. The molecule has 0 aliphatic rings. The third-order valence-corrected chi connectivity index (χ3v) is 5.94. The minimum atomic E-state index is 0.523. The average molecular weight is 420 g/mol. The summed E-state index contributed by atoms with van der Waals surface area (Å²) < 4.78 is 12.3. The molecule has 3 heteroatoms. The highest BCUT2D eigenvalue weighted by Gasteiger charge is 2.10. The molecule has 0 saturated carbocycles. The van der Waals surface area contributed by atoms with Crippen LogP contribution in [0.2, 0.25) is 0 Å². The predicted octanol–water partition coefficient (Wildman–Crippen LogP) is 7.61. The molecular formula is C27H49NO2. The first-order valence-electron chi connectivity index (χ1n) is 12.4. The first-order chi connectivity index (χ1) is 14.3.